The molecule has 0 saturated carbocycles. The van der Waals surface area contributed by atoms with Crippen molar-refractivity contribution in [3.8, 4) is 0 Å². The first-order chi connectivity index (χ1) is 8.69. The van der Waals surface area contributed by atoms with Gasteiger partial charge in [0.2, 0.25) is 5.91 Å². The van der Waals surface area contributed by atoms with Gasteiger partial charge in [-0.25, -0.2) is 0 Å². The number of amides is 1. The predicted molar refractivity (Wildman–Crippen MR) is 70.7 cm³/mol. The van der Waals surface area contributed by atoms with E-state index in [1.54, 1.807) is 13.2 Å². The van der Waals surface area contributed by atoms with Crippen molar-refractivity contribution in [1.29, 1.82) is 0 Å². The molecule has 0 radical (unpaired) electrons. The molecule has 0 aliphatic carbocycles. The number of rotatable bonds is 7. The third-order valence-electron chi connectivity index (χ3n) is 2.46. The standard InChI is InChI=1S/C13H18ClNO3/c1-3-18-9-13(16)15-8-12(17-2)10-6-4-5-7-11(10)14/h4-7,12H,3,8-9H2,1-2H3,(H,15,16)/t12-/m1/s1. The third kappa shape index (κ3) is 4.64. The maximum Gasteiger partial charge on any atom is 0.246 e. The summed E-state index contributed by atoms with van der Waals surface area (Å²) in [4.78, 5) is 11.4. The number of benzene rings is 1. The molecule has 1 amide bonds. The van der Waals surface area contributed by atoms with Crippen molar-refractivity contribution in [3.63, 3.8) is 0 Å². The van der Waals surface area contributed by atoms with Gasteiger partial charge in [0, 0.05) is 30.8 Å². The van der Waals surface area contributed by atoms with Crippen molar-refractivity contribution < 1.29 is 14.3 Å². The lowest BCUT2D eigenvalue weighted by atomic mass is 10.1. The quantitative estimate of drug-likeness (QED) is 0.827. The Labute approximate surface area is 112 Å². The SMILES string of the molecule is CCOCC(=O)NC[C@@H](OC)c1ccccc1Cl. The number of nitrogens with one attached hydrogen (secondary N) is 1. The second kappa shape index (κ2) is 8.08. The molecule has 0 spiro atoms. The first-order valence-corrected chi connectivity index (χ1v) is 6.18. The molecule has 1 N–H and O–H groups in total. The smallest absolute Gasteiger partial charge is 0.246 e. The van der Waals surface area contributed by atoms with E-state index in [-0.39, 0.29) is 18.6 Å². The molecule has 0 fully saturated rings. The molecule has 1 aromatic carbocycles. The lowest BCUT2D eigenvalue weighted by Crippen LogP contribution is -2.32. The molecule has 18 heavy (non-hydrogen) atoms. The molecular weight excluding hydrogens is 254 g/mol. The molecule has 1 aromatic rings. The Balaban J connectivity index is 2.53. The van der Waals surface area contributed by atoms with Crippen molar-refractivity contribution in [3.05, 3.63) is 34.9 Å². The Kier molecular flexibility index (Phi) is 6.72. The van der Waals surface area contributed by atoms with Crippen LogP contribution in [0.2, 0.25) is 5.02 Å². The molecule has 0 heterocycles. The second-order valence-corrected chi connectivity index (χ2v) is 4.09. The lowest BCUT2D eigenvalue weighted by molar-refractivity contribution is -0.126. The molecule has 1 rings (SSSR count). The summed E-state index contributed by atoms with van der Waals surface area (Å²) < 4.78 is 10.3. The Morgan fingerprint density at radius 1 is 1.44 bits per heavy atom. The van der Waals surface area contributed by atoms with Gasteiger partial charge in [0.25, 0.3) is 0 Å². The summed E-state index contributed by atoms with van der Waals surface area (Å²) in [7, 11) is 1.59. The maximum atomic E-state index is 11.4. The molecule has 1 atom stereocenters. The Bertz CT molecular complexity index is 384. The predicted octanol–water partition coefficient (Wildman–Crippen LogP) is 2.18. The van der Waals surface area contributed by atoms with E-state index >= 15 is 0 Å². The van der Waals surface area contributed by atoms with Crippen LogP contribution in [0.5, 0.6) is 0 Å². The van der Waals surface area contributed by atoms with E-state index in [0.717, 1.165) is 5.56 Å². The average Bonchev–Trinajstić information content (AvgIpc) is 2.39. The van der Waals surface area contributed by atoms with Gasteiger partial charge in [-0.2, -0.15) is 0 Å². The van der Waals surface area contributed by atoms with Gasteiger partial charge in [-0.15, -0.1) is 0 Å². The van der Waals surface area contributed by atoms with Crippen molar-refractivity contribution in [1.82, 2.24) is 5.32 Å². The highest BCUT2D eigenvalue weighted by Crippen LogP contribution is 2.24. The minimum Gasteiger partial charge on any atom is -0.375 e. The monoisotopic (exact) mass is 271 g/mol. The fraction of sp³-hybridized carbons (Fsp3) is 0.462. The van der Waals surface area contributed by atoms with Crippen LogP contribution in [0, 0.1) is 0 Å². The van der Waals surface area contributed by atoms with Crippen LogP contribution in [0.1, 0.15) is 18.6 Å². The third-order valence-corrected chi connectivity index (χ3v) is 2.80. The van der Waals surface area contributed by atoms with Crippen LogP contribution in [-0.2, 0) is 14.3 Å². The summed E-state index contributed by atoms with van der Waals surface area (Å²) in [6.07, 6.45) is -0.260. The van der Waals surface area contributed by atoms with Gasteiger partial charge in [0.05, 0.1) is 0 Å². The van der Waals surface area contributed by atoms with Crippen LogP contribution in [0.3, 0.4) is 0 Å². The highest BCUT2D eigenvalue weighted by atomic mass is 35.5. The van der Waals surface area contributed by atoms with Crippen LogP contribution in [0.4, 0.5) is 0 Å². The Morgan fingerprint density at radius 2 is 2.17 bits per heavy atom. The average molecular weight is 272 g/mol. The van der Waals surface area contributed by atoms with Crippen LogP contribution < -0.4 is 5.32 Å². The van der Waals surface area contributed by atoms with Gasteiger partial charge in [-0.3, -0.25) is 4.79 Å². The number of hydrogen-bond acceptors (Lipinski definition) is 3. The summed E-state index contributed by atoms with van der Waals surface area (Å²) in [5, 5.41) is 3.37. The molecule has 0 aliphatic heterocycles. The van der Waals surface area contributed by atoms with Gasteiger partial charge >= 0.3 is 0 Å². The first kappa shape index (κ1) is 15.0. The Morgan fingerprint density at radius 3 is 2.78 bits per heavy atom. The fourth-order valence-electron chi connectivity index (χ4n) is 1.51. The number of ether oxygens (including phenoxy) is 2. The highest BCUT2D eigenvalue weighted by Gasteiger charge is 2.14. The number of halogens is 1. The van der Waals surface area contributed by atoms with Crippen molar-refractivity contribution in [2.75, 3.05) is 26.9 Å². The summed E-state index contributed by atoms with van der Waals surface area (Å²) in [5.74, 6) is -0.161. The topological polar surface area (TPSA) is 47.6 Å². The summed E-state index contributed by atoms with van der Waals surface area (Å²) in [6.45, 7) is 2.79. The van der Waals surface area contributed by atoms with Gasteiger partial charge < -0.3 is 14.8 Å². The van der Waals surface area contributed by atoms with Crippen LogP contribution in [0.25, 0.3) is 0 Å². The van der Waals surface area contributed by atoms with E-state index in [0.29, 0.717) is 18.2 Å². The normalized spacial score (nSPS) is 12.2. The molecule has 5 heteroatoms. The lowest BCUT2D eigenvalue weighted by Gasteiger charge is -2.17. The molecule has 0 aliphatic rings. The largest absolute Gasteiger partial charge is 0.375 e. The zero-order valence-electron chi connectivity index (χ0n) is 10.6. The molecule has 0 saturated heterocycles. The molecule has 4 nitrogen and oxygen atoms in total. The highest BCUT2D eigenvalue weighted by molar-refractivity contribution is 6.31. The van der Waals surface area contributed by atoms with E-state index < -0.39 is 0 Å². The minimum absolute atomic E-state index is 0.0649. The van der Waals surface area contributed by atoms with E-state index in [1.165, 1.54) is 0 Å². The fourth-order valence-corrected chi connectivity index (χ4v) is 1.77. The van der Waals surface area contributed by atoms with E-state index in [4.69, 9.17) is 21.1 Å². The number of methoxy groups -OCH3 is 1. The molecule has 0 bridgehead atoms. The van der Waals surface area contributed by atoms with Gasteiger partial charge in [-0.05, 0) is 13.0 Å². The summed E-state index contributed by atoms with van der Waals surface area (Å²) >= 11 is 6.08. The van der Waals surface area contributed by atoms with Crippen molar-refractivity contribution in [2.45, 2.75) is 13.0 Å². The number of hydrogen-bond donors (Lipinski definition) is 1. The zero-order valence-corrected chi connectivity index (χ0v) is 11.4. The van der Waals surface area contributed by atoms with Gasteiger partial charge in [-0.1, -0.05) is 29.8 Å². The number of carbonyl (C=O) groups is 1. The second-order valence-electron chi connectivity index (χ2n) is 3.69. The van der Waals surface area contributed by atoms with Crippen LogP contribution in [-0.4, -0.2) is 32.8 Å². The van der Waals surface area contributed by atoms with Crippen LogP contribution >= 0.6 is 11.6 Å². The minimum atomic E-state index is -0.260. The summed E-state index contributed by atoms with van der Waals surface area (Å²) in [6, 6.07) is 7.41. The Hall–Kier alpha value is -1.10. The van der Waals surface area contributed by atoms with Gasteiger partial charge in [0.15, 0.2) is 0 Å². The zero-order chi connectivity index (χ0) is 13.4. The first-order valence-electron chi connectivity index (χ1n) is 5.80. The summed E-state index contributed by atoms with van der Waals surface area (Å²) in [5.41, 5.74) is 0.860. The molecule has 0 unspecified atom stereocenters. The van der Waals surface area contributed by atoms with Gasteiger partial charge in [0.1, 0.15) is 12.7 Å². The van der Waals surface area contributed by atoms with E-state index in [1.807, 2.05) is 25.1 Å². The van der Waals surface area contributed by atoms with Crippen molar-refractivity contribution >= 4 is 17.5 Å². The van der Waals surface area contributed by atoms with Crippen molar-refractivity contribution in [2.24, 2.45) is 0 Å². The molecule has 100 valence electrons. The molecular formula is C13H18ClNO3. The van der Waals surface area contributed by atoms with Crippen LogP contribution in [0.15, 0.2) is 24.3 Å². The van der Waals surface area contributed by atoms with E-state index in [9.17, 15) is 4.79 Å². The maximum absolute atomic E-state index is 11.4. The van der Waals surface area contributed by atoms with E-state index in [2.05, 4.69) is 5.32 Å². The molecule has 0 aromatic heterocycles. The number of carbonyl (C=O) groups excluding carboxylic acids is 1.